The SMILES string of the molecule is CCCCCCN(CCCCCC)C(=O)c1ccccn1. The fourth-order valence-electron chi connectivity index (χ4n) is 2.43. The van der Waals surface area contributed by atoms with Gasteiger partial charge in [-0.05, 0) is 25.0 Å². The van der Waals surface area contributed by atoms with E-state index in [0.717, 1.165) is 25.9 Å². The second-order valence-electron chi connectivity index (χ2n) is 5.63. The van der Waals surface area contributed by atoms with Crippen molar-refractivity contribution in [3.05, 3.63) is 30.1 Å². The van der Waals surface area contributed by atoms with Gasteiger partial charge in [-0.15, -0.1) is 0 Å². The van der Waals surface area contributed by atoms with Crippen LogP contribution >= 0.6 is 0 Å². The van der Waals surface area contributed by atoms with Crippen LogP contribution in [0.3, 0.4) is 0 Å². The van der Waals surface area contributed by atoms with Crippen LogP contribution in [0, 0.1) is 0 Å². The summed E-state index contributed by atoms with van der Waals surface area (Å²) in [7, 11) is 0. The molecule has 0 saturated heterocycles. The Balaban J connectivity index is 2.51. The van der Waals surface area contributed by atoms with Gasteiger partial charge in [0.2, 0.25) is 0 Å². The molecule has 3 nitrogen and oxygen atoms in total. The second-order valence-corrected chi connectivity index (χ2v) is 5.63. The highest BCUT2D eigenvalue weighted by Crippen LogP contribution is 2.09. The molecular formula is C18H30N2O. The summed E-state index contributed by atoms with van der Waals surface area (Å²) in [6.07, 6.45) is 11.3. The van der Waals surface area contributed by atoms with Gasteiger partial charge in [-0.1, -0.05) is 58.4 Å². The van der Waals surface area contributed by atoms with E-state index < -0.39 is 0 Å². The molecule has 1 heterocycles. The lowest BCUT2D eigenvalue weighted by atomic mass is 10.1. The van der Waals surface area contributed by atoms with Crippen LogP contribution in [0.2, 0.25) is 0 Å². The van der Waals surface area contributed by atoms with Crippen molar-refractivity contribution in [3.8, 4) is 0 Å². The summed E-state index contributed by atoms with van der Waals surface area (Å²) in [5.74, 6) is 0.0867. The first-order chi connectivity index (χ1) is 10.3. The molecule has 1 rings (SSSR count). The number of nitrogens with zero attached hydrogens (tertiary/aromatic N) is 2. The van der Waals surface area contributed by atoms with Crippen molar-refractivity contribution in [2.24, 2.45) is 0 Å². The van der Waals surface area contributed by atoms with Crippen molar-refractivity contribution in [1.82, 2.24) is 9.88 Å². The molecule has 3 heteroatoms. The van der Waals surface area contributed by atoms with Gasteiger partial charge in [0.1, 0.15) is 5.69 Å². The van der Waals surface area contributed by atoms with Crippen molar-refractivity contribution in [1.29, 1.82) is 0 Å². The maximum Gasteiger partial charge on any atom is 0.272 e. The van der Waals surface area contributed by atoms with Gasteiger partial charge in [-0.2, -0.15) is 0 Å². The normalized spacial score (nSPS) is 10.6. The summed E-state index contributed by atoms with van der Waals surface area (Å²) in [4.78, 5) is 18.7. The summed E-state index contributed by atoms with van der Waals surface area (Å²) in [6.45, 7) is 6.15. The molecule has 0 aliphatic rings. The number of unbranched alkanes of at least 4 members (excludes halogenated alkanes) is 6. The number of hydrogen-bond acceptors (Lipinski definition) is 2. The predicted molar refractivity (Wildman–Crippen MR) is 88.4 cm³/mol. The standard InChI is InChI=1S/C18H30N2O/c1-3-5-7-11-15-20(16-12-8-6-4-2)18(21)17-13-9-10-14-19-17/h9-10,13-14H,3-8,11-12,15-16H2,1-2H3. The van der Waals surface area contributed by atoms with Gasteiger partial charge in [0.15, 0.2) is 0 Å². The number of amides is 1. The Morgan fingerprint density at radius 1 is 0.952 bits per heavy atom. The lowest BCUT2D eigenvalue weighted by Gasteiger charge is -2.22. The van der Waals surface area contributed by atoms with E-state index in [1.165, 1.54) is 38.5 Å². The van der Waals surface area contributed by atoms with Crippen molar-refractivity contribution in [2.45, 2.75) is 65.2 Å². The molecule has 21 heavy (non-hydrogen) atoms. The molecule has 0 bridgehead atoms. The molecule has 0 fully saturated rings. The minimum atomic E-state index is 0.0867. The first-order valence-corrected chi connectivity index (χ1v) is 8.49. The van der Waals surface area contributed by atoms with E-state index in [1.807, 2.05) is 23.1 Å². The number of carbonyl (C=O) groups excluding carboxylic acids is 1. The summed E-state index contributed by atoms with van der Waals surface area (Å²) < 4.78 is 0. The molecule has 0 unspecified atom stereocenters. The topological polar surface area (TPSA) is 33.2 Å². The third-order valence-corrected chi connectivity index (χ3v) is 3.73. The van der Waals surface area contributed by atoms with Crippen LogP contribution in [0.25, 0.3) is 0 Å². The summed E-state index contributed by atoms with van der Waals surface area (Å²) in [6, 6.07) is 5.55. The number of rotatable bonds is 11. The Morgan fingerprint density at radius 2 is 1.57 bits per heavy atom. The highest BCUT2D eigenvalue weighted by atomic mass is 16.2. The largest absolute Gasteiger partial charge is 0.337 e. The lowest BCUT2D eigenvalue weighted by molar-refractivity contribution is 0.0743. The van der Waals surface area contributed by atoms with Gasteiger partial charge in [0.05, 0.1) is 0 Å². The van der Waals surface area contributed by atoms with Gasteiger partial charge >= 0.3 is 0 Å². The van der Waals surface area contributed by atoms with Crippen molar-refractivity contribution >= 4 is 5.91 Å². The molecule has 0 spiro atoms. The fraction of sp³-hybridized carbons (Fsp3) is 0.667. The van der Waals surface area contributed by atoms with Gasteiger partial charge in [-0.25, -0.2) is 0 Å². The molecule has 0 aliphatic carbocycles. The van der Waals surface area contributed by atoms with Crippen LogP contribution in [0.5, 0.6) is 0 Å². The van der Waals surface area contributed by atoms with E-state index in [1.54, 1.807) is 6.20 Å². The summed E-state index contributed by atoms with van der Waals surface area (Å²) >= 11 is 0. The quantitative estimate of drug-likeness (QED) is 0.554. The Kier molecular flexibility index (Phi) is 9.51. The van der Waals surface area contributed by atoms with E-state index in [9.17, 15) is 4.79 Å². The number of carbonyl (C=O) groups is 1. The van der Waals surface area contributed by atoms with E-state index in [-0.39, 0.29) is 5.91 Å². The Bertz CT molecular complexity index is 366. The predicted octanol–water partition coefficient (Wildman–Crippen LogP) is 4.68. The first-order valence-electron chi connectivity index (χ1n) is 8.49. The molecule has 0 aromatic carbocycles. The lowest BCUT2D eigenvalue weighted by Crippen LogP contribution is -2.33. The smallest absolute Gasteiger partial charge is 0.272 e. The van der Waals surface area contributed by atoms with Gasteiger partial charge in [0.25, 0.3) is 5.91 Å². The zero-order valence-corrected chi connectivity index (χ0v) is 13.7. The zero-order chi connectivity index (χ0) is 15.3. The van der Waals surface area contributed by atoms with Gasteiger partial charge in [0, 0.05) is 19.3 Å². The fourth-order valence-corrected chi connectivity index (χ4v) is 2.43. The van der Waals surface area contributed by atoms with Crippen molar-refractivity contribution < 1.29 is 4.79 Å². The minimum Gasteiger partial charge on any atom is -0.337 e. The molecule has 1 amide bonds. The molecule has 0 radical (unpaired) electrons. The molecule has 0 saturated carbocycles. The average molecular weight is 290 g/mol. The zero-order valence-electron chi connectivity index (χ0n) is 13.7. The van der Waals surface area contributed by atoms with E-state index >= 15 is 0 Å². The Morgan fingerprint density at radius 3 is 2.05 bits per heavy atom. The second kappa shape index (κ2) is 11.3. The van der Waals surface area contributed by atoms with Gasteiger partial charge in [-0.3, -0.25) is 9.78 Å². The third kappa shape index (κ3) is 7.26. The van der Waals surface area contributed by atoms with Crippen LogP contribution in [-0.2, 0) is 0 Å². The third-order valence-electron chi connectivity index (χ3n) is 3.73. The molecule has 118 valence electrons. The van der Waals surface area contributed by atoms with Gasteiger partial charge < -0.3 is 4.90 Å². The van der Waals surface area contributed by atoms with Crippen LogP contribution in [0.1, 0.15) is 75.7 Å². The summed E-state index contributed by atoms with van der Waals surface area (Å²) in [5, 5.41) is 0. The van der Waals surface area contributed by atoms with Crippen LogP contribution in [0.4, 0.5) is 0 Å². The van der Waals surface area contributed by atoms with E-state index in [4.69, 9.17) is 0 Å². The highest BCUT2D eigenvalue weighted by molar-refractivity contribution is 5.92. The Hall–Kier alpha value is -1.38. The van der Waals surface area contributed by atoms with Crippen LogP contribution in [-0.4, -0.2) is 28.9 Å². The average Bonchev–Trinajstić information content (AvgIpc) is 2.53. The van der Waals surface area contributed by atoms with Crippen molar-refractivity contribution in [3.63, 3.8) is 0 Å². The molecule has 1 aromatic rings. The van der Waals surface area contributed by atoms with E-state index in [2.05, 4.69) is 18.8 Å². The first kappa shape index (κ1) is 17.7. The maximum absolute atomic E-state index is 12.5. The minimum absolute atomic E-state index is 0.0867. The van der Waals surface area contributed by atoms with Crippen LogP contribution < -0.4 is 0 Å². The maximum atomic E-state index is 12.5. The monoisotopic (exact) mass is 290 g/mol. The van der Waals surface area contributed by atoms with Crippen molar-refractivity contribution in [2.75, 3.05) is 13.1 Å². The number of pyridine rings is 1. The molecule has 0 atom stereocenters. The molecule has 0 N–H and O–H groups in total. The number of aromatic nitrogens is 1. The molecule has 1 aromatic heterocycles. The van der Waals surface area contributed by atoms with Crippen LogP contribution in [0.15, 0.2) is 24.4 Å². The number of hydrogen-bond donors (Lipinski definition) is 0. The molecular weight excluding hydrogens is 260 g/mol. The molecule has 0 aliphatic heterocycles. The summed E-state index contributed by atoms with van der Waals surface area (Å²) in [5.41, 5.74) is 0.573. The van der Waals surface area contributed by atoms with E-state index in [0.29, 0.717) is 5.69 Å². The highest BCUT2D eigenvalue weighted by Gasteiger charge is 2.15. The Labute approximate surface area is 129 Å².